The molecule has 0 aromatic heterocycles. The van der Waals surface area contributed by atoms with Crippen molar-refractivity contribution in [2.75, 3.05) is 6.54 Å². The summed E-state index contributed by atoms with van der Waals surface area (Å²) in [4.78, 5) is 12.7. The summed E-state index contributed by atoms with van der Waals surface area (Å²) >= 11 is 0. The molecule has 1 rings (SSSR count). The lowest BCUT2D eigenvalue weighted by Gasteiger charge is -2.27. The van der Waals surface area contributed by atoms with Crippen LogP contribution in [0.1, 0.15) is 37.6 Å². The maximum atomic E-state index is 14.2. The number of hydrogen-bond acceptors (Lipinski definition) is 3. The van der Waals surface area contributed by atoms with Crippen LogP contribution in [0, 0.1) is 11.6 Å². The first-order chi connectivity index (χ1) is 9.65. The van der Waals surface area contributed by atoms with Crippen LogP contribution in [0.2, 0.25) is 0 Å². The van der Waals surface area contributed by atoms with Gasteiger partial charge in [0.1, 0.15) is 16.3 Å². The first-order valence-corrected chi connectivity index (χ1v) is 8.01. The number of primary sulfonamides is 1. The number of benzene rings is 1. The zero-order chi connectivity index (χ0) is 16.4. The second kappa shape index (κ2) is 6.48. The smallest absolute Gasteiger partial charge is 0.260 e. The van der Waals surface area contributed by atoms with Crippen LogP contribution in [0.3, 0.4) is 0 Å². The first kappa shape index (κ1) is 17.5. The standard InChI is InChI=1S/C13H18F2N2O3S/c1-4-8(3)17(5-2)13(18)11-9(14)6-7-10(12(11)15)21(16,19)20/h6-8H,4-5H2,1-3H3,(H2,16,19,20). The molecule has 0 heterocycles. The highest BCUT2D eigenvalue weighted by atomic mass is 32.2. The molecule has 1 aromatic carbocycles. The molecular formula is C13H18F2N2O3S. The van der Waals surface area contributed by atoms with Gasteiger partial charge < -0.3 is 4.90 Å². The van der Waals surface area contributed by atoms with E-state index in [0.717, 1.165) is 6.07 Å². The molecule has 0 aliphatic rings. The zero-order valence-electron chi connectivity index (χ0n) is 12.1. The highest BCUT2D eigenvalue weighted by Crippen LogP contribution is 2.22. The lowest BCUT2D eigenvalue weighted by Crippen LogP contribution is -2.39. The number of rotatable bonds is 5. The molecule has 0 saturated carbocycles. The van der Waals surface area contributed by atoms with Crippen LogP contribution in [-0.2, 0) is 10.0 Å². The lowest BCUT2D eigenvalue weighted by atomic mass is 10.1. The predicted octanol–water partition coefficient (Wildman–Crippen LogP) is 1.87. The minimum absolute atomic E-state index is 0.237. The number of sulfonamides is 1. The number of nitrogens with zero attached hydrogens (tertiary/aromatic N) is 1. The molecule has 0 fully saturated rings. The van der Waals surface area contributed by atoms with Crippen molar-refractivity contribution < 1.29 is 22.0 Å². The van der Waals surface area contributed by atoms with Gasteiger partial charge in [-0.05, 0) is 32.4 Å². The Morgan fingerprint density at radius 1 is 1.33 bits per heavy atom. The van der Waals surface area contributed by atoms with Crippen LogP contribution < -0.4 is 5.14 Å². The van der Waals surface area contributed by atoms with Gasteiger partial charge in [-0.1, -0.05) is 6.92 Å². The fraction of sp³-hybridized carbons (Fsp3) is 0.462. The van der Waals surface area contributed by atoms with E-state index in [2.05, 4.69) is 0 Å². The van der Waals surface area contributed by atoms with E-state index in [1.807, 2.05) is 6.92 Å². The minimum atomic E-state index is -4.38. The Balaban J connectivity index is 3.46. The van der Waals surface area contributed by atoms with Crippen molar-refractivity contribution in [3.8, 4) is 0 Å². The summed E-state index contributed by atoms with van der Waals surface area (Å²) in [6.07, 6.45) is 0.595. The van der Waals surface area contributed by atoms with E-state index >= 15 is 0 Å². The maximum absolute atomic E-state index is 14.2. The second-order valence-corrected chi connectivity index (χ2v) is 6.16. The normalized spacial score (nSPS) is 13.0. The van der Waals surface area contributed by atoms with E-state index in [1.54, 1.807) is 13.8 Å². The van der Waals surface area contributed by atoms with Gasteiger partial charge in [-0.25, -0.2) is 22.3 Å². The molecule has 5 nitrogen and oxygen atoms in total. The topological polar surface area (TPSA) is 80.5 Å². The van der Waals surface area contributed by atoms with Crippen molar-refractivity contribution in [3.63, 3.8) is 0 Å². The minimum Gasteiger partial charge on any atom is -0.336 e. The van der Waals surface area contributed by atoms with Gasteiger partial charge >= 0.3 is 0 Å². The molecule has 0 aliphatic carbocycles. The monoisotopic (exact) mass is 320 g/mol. The van der Waals surface area contributed by atoms with Crippen LogP contribution in [0.15, 0.2) is 17.0 Å². The molecular weight excluding hydrogens is 302 g/mol. The molecule has 1 aromatic rings. The molecule has 8 heteroatoms. The quantitative estimate of drug-likeness (QED) is 0.899. The van der Waals surface area contributed by atoms with Crippen LogP contribution in [-0.4, -0.2) is 31.8 Å². The number of amides is 1. The Bertz CT molecular complexity index is 647. The van der Waals surface area contributed by atoms with E-state index in [9.17, 15) is 22.0 Å². The highest BCUT2D eigenvalue weighted by molar-refractivity contribution is 7.89. The van der Waals surface area contributed by atoms with E-state index < -0.39 is 38.0 Å². The third-order valence-electron chi connectivity index (χ3n) is 3.30. The summed E-state index contributed by atoms with van der Waals surface area (Å²) in [7, 11) is -4.38. The Morgan fingerprint density at radius 2 is 1.90 bits per heavy atom. The maximum Gasteiger partial charge on any atom is 0.260 e. The molecule has 2 N–H and O–H groups in total. The Morgan fingerprint density at radius 3 is 2.33 bits per heavy atom. The summed E-state index contributed by atoms with van der Waals surface area (Å²) in [5, 5.41) is 4.86. The van der Waals surface area contributed by atoms with Crippen LogP contribution in [0.5, 0.6) is 0 Å². The number of nitrogens with two attached hydrogens (primary N) is 1. The second-order valence-electron chi connectivity index (χ2n) is 4.63. The predicted molar refractivity (Wildman–Crippen MR) is 74.2 cm³/mol. The number of carbonyl (C=O) groups excluding carboxylic acids is 1. The average Bonchev–Trinajstić information content (AvgIpc) is 2.37. The zero-order valence-corrected chi connectivity index (χ0v) is 12.9. The summed E-state index contributed by atoms with van der Waals surface area (Å²) in [6, 6.07) is 1.19. The van der Waals surface area contributed by atoms with E-state index in [0.29, 0.717) is 12.5 Å². The molecule has 1 amide bonds. The SMILES string of the molecule is CCC(C)N(CC)C(=O)c1c(F)ccc(S(N)(=O)=O)c1F. The fourth-order valence-electron chi connectivity index (χ4n) is 1.97. The molecule has 0 radical (unpaired) electrons. The van der Waals surface area contributed by atoms with Gasteiger partial charge in [0.2, 0.25) is 10.0 Å². The summed E-state index contributed by atoms with van der Waals surface area (Å²) in [5.74, 6) is -3.47. The van der Waals surface area contributed by atoms with Crippen molar-refractivity contribution in [2.24, 2.45) is 5.14 Å². The van der Waals surface area contributed by atoms with Crippen molar-refractivity contribution in [1.29, 1.82) is 0 Å². The molecule has 0 aliphatic heterocycles. The van der Waals surface area contributed by atoms with E-state index in [1.165, 1.54) is 4.90 Å². The van der Waals surface area contributed by atoms with Crippen LogP contribution in [0.4, 0.5) is 8.78 Å². The Hall–Kier alpha value is -1.54. The fourth-order valence-corrected chi connectivity index (χ4v) is 2.58. The number of carbonyl (C=O) groups is 1. The van der Waals surface area contributed by atoms with Crippen LogP contribution in [0.25, 0.3) is 0 Å². The van der Waals surface area contributed by atoms with Crippen molar-refractivity contribution >= 4 is 15.9 Å². The van der Waals surface area contributed by atoms with Gasteiger partial charge in [-0.3, -0.25) is 4.79 Å². The molecule has 0 saturated heterocycles. The molecule has 21 heavy (non-hydrogen) atoms. The van der Waals surface area contributed by atoms with Gasteiger partial charge in [0.15, 0.2) is 5.82 Å². The highest BCUT2D eigenvalue weighted by Gasteiger charge is 2.29. The Labute approximate surface area is 122 Å². The Kier molecular flexibility index (Phi) is 5.41. The summed E-state index contributed by atoms with van der Waals surface area (Å²) in [5.41, 5.74) is -0.899. The van der Waals surface area contributed by atoms with Crippen molar-refractivity contribution in [3.05, 3.63) is 29.3 Å². The number of hydrogen-bond donors (Lipinski definition) is 1. The molecule has 1 atom stereocenters. The molecule has 1 unspecified atom stereocenters. The number of halogens is 2. The molecule has 118 valence electrons. The van der Waals surface area contributed by atoms with E-state index in [-0.39, 0.29) is 12.6 Å². The third-order valence-corrected chi connectivity index (χ3v) is 4.23. The molecule has 0 spiro atoms. The lowest BCUT2D eigenvalue weighted by molar-refractivity contribution is 0.0689. The average molecular weight is 320 g/mol. The van der Waals surface area contributed by atoms with Gasteiger partial charge in [0.25, 0.3) is 5.91 Å². The van der Waals surface area contributed by atoms with Gasteiger partial charge in [0, 0.05) is 12.6 Å². The summed E-state index contributed by atoms with van der Waals surface area (Å²) in [6.45, 7) is 5.48. The summed E-state index contributed by atoms with van der Waals surface area (Å²) < 4.78 is 50.5. The first-order valence-electron chi connectivity index (χ1n) is 6.46. The molecule has 0 bridgehead atoms. The van der Waals surface area contributed by atoms with Crippen molar-refractivity contribution in [1.82, 2.24) is 4.90 Å². The van der Waals surface area contributed by atoms with Crippen LogP contribution >= 0.6 is 0 Å². The largest absolute Gasteiger partial charge is 0.336 e. The van der Waals surface area contributed by atoms with Gasteiger partial charge in [-0.2, -0.15) is 0 Å². The van der Waals surface area contributed by atoms with Gasteiger partial charge in [0.05, 0.1) is 0 Å². The third kappa shape index (κ3) is 3.56. The van der Waals surface area contributed by atoms with Crippen molar-refractivity contribution in [2.45, 2.75) is 38.1 Å². The van der Waals surface area contributed by atoms with Gasteiger partial charge in [-0.15, -0.1) is 0 Å². The van der Waals surface area contributed by atoms with E-state index in [4.69, 9.17) is 5.14 Å².